The number of carboxylic acid groups (broad SMARTS) is 1. The highest BCUT2D eigenvalue weighted by atomic mass is 16.6. The molecule has 2 unspecified atom stereocenters. The van der Waals surface area contributed by atoms with Gasteiger partial charge in [-0.1, -0.05) is 12.1 Å². The summed E-state index contributed by atoms with van der Waals surface area (Å²) >= 11 is 0. The third-order valence-electron chi connectivity index (χ3n) is 3.80. The Morgan fingerprint density at radius 2 is 1.83 bits per heavy atom. The topological polar surface area (TPSA) is 87.1 Å². The van der Waals surface area contributed by atoms with Gasteiger partial charge < -0.3 is 14.9 Å². The predicted molar refractivity (Wildman–Crippen MR) is 84.3 cm³/mol. The molecule has 6 heteroatoms. The van der Waals surface area contributed by atoms with Crippen LogP contribution in [0.3, 0.4) is 0 Å². The Bertz CT molecular complexity index is 576. The summed E-state index contributed by atoms with van der Waals surface area (Å²) in [7, 11) is 0. The summed E-state index contributed by atoms with van der Waals surface area (Å²) < 4.78 is 5.37. The monoisotopic (exact) mass is 321 g/mol. The zero-order valence-corrected chi connectivity index (χ0v) is 13.7. The number of carboxylic acids is 1. The van der Waals surface area contributed by atoms with Crippen molar-refractivity contribution in [3.8, 4) is 5.75 Å². The van der Waals surface area contributed by atoms with E-state index >= 15 is 0 Å². The van der Waals surface area contributed by atoms with Crippen molar-refractivity contribution in [3.05, 3.63) is 29.8 Å². The van der Waals surface area contributed by atoms with E-state index in [1.54, 1.807) is 45.0 Å². The molecule has 0 radical (unpaired) electrons. The summed E-state index contributed by atoms with van der Waals surface area (Å²) in [6.45, 7) is 5.27. The van der Waals surface area contributed by atoms with Crippen LogP contribution in [0.4, 0.5) is 4.79 Å². The van der Waals surface area contributed by atoms with Crippen LogP contribution in [0.5, 0.6) is 5.75 Å². The van der Waals surface area contributed by atoms with Gasteiger partial charge >= 0.3 is 12.1 Å². The highest BCUT2D eigenvalue weighted by molar-refractivity contribution is 5.81. The number of phenolic OH excluding ortho intramolecular Hbond substituents is 1. The second kappa shape index (κ2) is 6.48. The normalized spacial score (nSPS) is 21.3. The van der Waals surface area contributed by atoms with Crippen LogP contribution in [-0.2, 0) is 16.0 Å². The van der Waals surface area contributed by atoms with Crippen molar-refractivity contribution in [1.82, 2.24) is 4.90 Å². The van der Waals surface area contributed by atoms with Gasteiger partial charge in [0.05, 0.1) is 0 Å². The first-order chi connectivity index (χ1) is 10.7. The molecule has 1 aliphatic heterocycles. The quantitative estimate of drug-likeness (QED) is 0.894. The van der Waals surface area contributed by atoms with Crippen molar-refractivity contribution < 1.29 is 24.5 Å². The molecule has 0 spiro atoms. The molecule has 0 saturated carbocycles. The lowest BCUT2D eigenvalue weighted by Crippen LogP contribution is -2.47. The van der Waals surface area contributed by atoms with Crippen LogP contribution in [-0.4, -0.2) is 44.9 Å². The van der Waals surface area contributed by atoms with Crippen molar-refractivity contribution in [2.75, 3.05) is 0 Å². The van der Waals surface area contributed by atoms with E-state index in [1.807, 2.05) is 0 Å². The fourth-order valence-electron chi connectivity index (χ4n) is 2.82. The van der Waals surface area contributed by atoms with Crippen LogP contribution in [0.1, 0.15) is 39.2 Å². The van der Waals surface area contributed by atoms with Crippen LogP contribution in [0.25, 0.3) is 0 Å². The van der Waals surface area contributed by atoms with Crippen molar-refractivity contribution in [2.24, 2.45) is 0 Å². The molecule has 1 aliphatic rings. The van der Waals surface area contributed by atoms with E-state index in [4.69, 9.17) is 4.74 Å². The molecule has 1 aromatic carbocycles. The average Bonchev–Trinajstić information content (AvgIpc) is 2.83. The number of phenols is 1. The van der Waals surface area contributed by atoms with Crippen LogP contribution < -0.4 is 0 Å². The van der Waals surface area contributed by atoms with Gasteiger partial charge in [0.25, 0.3) is 0 Å². The molecule has 1 amide bonds. The Morgan fingerprint density at radius 1 is 1.22 bits per heavy atom. The lowest BCUT2D eigenvalue weighted by atomic mass is 10.0. The van der Waals surface area contributed by atoms with Gasteiger partial charge in [-0.05, 0) is 57.7 Å². The maximum Gasteiger partial charge on any atom is 0.411 e. The fraction of sp³-hybridized carbons (Fsp3) is 0.529. The highest BCUT2D eigenvalue weighted by Gasteiger charge is 2.42. The van der Waals surface area contributed by atoms with Crippen molar-refractivity contribution in [1.29, 1.82) is 0 Å². The van der Waals surface area contributed by atoms with Crippen molar-refractivity contribution in [2.45, 2.75) is 57.7 Å². The molecular weight excluding hydrogens is 298 g/mol. The highest BCUT2D eigenvalue weighted by Crippen LogP contribution is 2.29. The molecule has 0 bridgehead atoms. The van der Waals surface area contributed by atoms with E-state index in [-0.39, 0.29) is 11.8 Å². The summed E-state index contributed by atoms with van der Waals surface area (Å²) in [5.74, 6) is -0.836. The van der Waals surface area contributed by atoms with E-state index in [0.29, 0.717) is 19.3 Å². The predicted octanol–water partition coefficient (Wildman–Crippen LogP) is 2.79. The molecule has 2 atom stereocenters. The van der Waals surface area contributed by atoms with Gasteiger partial charge in [-0.15, -0.1) is 0 Å². The Balaban J connectivity index is 2.18. The number of carbonyl (C=O) groups is 2. The lowest BCUT2D eigenvalue weighted by Gasteiger charge is -2.31. The zero-order valence-electron chi connectivity index (χ0n) is 13.7. The number of hydrogen-bond acceptors (Lipinski definition) is 4. The SMILES string of the molecule is CC(C)(C)OC(=O)N1C(Cc2ccc(O)cc2)CCC1C(=O)O. The number of amides is 1. The van der Waals surface area contributed by atoms with Gasteiger partial charge in [-0.25, -0.2) is 9.59 Å². The number of hydrogen-bond donors (Lipinski definition) is 2. The second-order valence-electron chi connectivity index (χ2n) is 6.84. The number of ether oxygens (including phenoxy) is 1. The second-order valence-corrected chi connectivity index (χ2v) is 6.84. The maximum atomic E-state index is 12.4. The number of benzene rings is 1. The van der Waals surface area contributed by atoms with Gasteiger partial charge in [0.1, 0.15) is 17.4 Å². The fourth-order valence-corrected chi connectivity index (χ4v) is 2.82. The van der Waals surface area contributed by atoms with Crippen LogP contribution in [0.15, 0.2) is 24.3 Å². The summed E-state index contributed by atoms with van der Waals surface area (Å²) in [6, 6.07) is 5.63. The minimum absolute atomic E-state index is 0.174. The maximum absolute atomic E-state index is 12.4. The van der Waals surface area contributed by atoms with Crippen LogP contribution >= 0.6 is 0 Å². The molecule has 1 aromatic rings. The first kappa shape index (κ1) is 17.1. The minimum Gasteiger partial charge on any atom is -0.508 e. The van der Waals surface area contributed by atoms with E-state index in [0.717, 1.165) is 5.56 Å². The molecule has 1 saturated heterocycles. The van der Waals surface area contributed by atoms with Gasteiger partial charge in [-0.2, -0.15) is 0 Å². The molecular formula is C17H23NO5. The Kier molecular flexibility index (Phi) is 4.82. The van der Waals surface area contributed by atoms with Gasteiger partial charge in [0.15, 0.2) is 0 Å². The third kappa shape index (κ3) is 4.37. The molecule has 126 valence electrons. The van der Waals surface area contributed by atoms with E-state index in [1.165, 1.54) is 4.90 Å². The number of likely N-dealkylation sites (tertiary alicyclic amines) is 1. The molecule has 2 rings (SSSR count). The Hall–Kier alpha value is -2.24. The molecule has 0 aromatic heterocycles. The molecule has 0 aliphatic carbocycles. The van der Waals surface area contributed by atoms with Crippen LogP contribution in [0.2, 0.25) is 0 Å². The standard InChI is InChI=1S/C17H23NO5/c1-17(2,3)23-16(22)18-12(6-9-14(18)15(20)21)10-11-4-7-13(19)8-5-11/h4-5,7-8,12,14,19H,6,9-10H2,1-3H3,(H,20,21). The number of nitrogens with zero attached hydrogens (tertiary/aromatic N) is 1. The van der Waals surface area contributed by atoms with Gasteiger partial charge in [0.2, 0.25) is 0 Å². The van der Waals surface area contributed by atoms with E-state index in [2.05, 4.69) is 0 Å². The summed E-state index contributed by atoms with van der Waals surface area (Å²) in [6.07, 6.45) is 0.962. The average molecular weight is 321 g/mol. The number of carbonyl (C=O) groups excluding carboxylic acids is 1. The van der Waals surface area contributed by atoms with Crippen molar-refractivity contribution in [3.63, 3.8) is 0 Å². The summed E-state index contributed by atoms with van der Waals surface area (Å²) in [5.41, 5.74) is 0.263. The molecule has 1 fully saturated rings. The summed E-state index contributed by atoms with van der Waals surface area (Å²) in [5, 5.41) is 18.7. The van der Waals surface area contributed by atoms with Gasteiger partial charge in [-0.3, -0.25) is 4.90 Å². The molecule has 6 nitrogen and oxygen atoms in total. The number of aromatic hydroxyl groups is 1. The smallest absolute Gasteiger partial charge is 0.411 e. The van der Waals surface area contributed by atoms with E-state index in [9.17, 15) is 19.8 Å². The molecule has 2 N–H and O–H groups in total. The van der Waals surface area contributed by atoms with Crippen LogP contribution in [0, 0.1) is 0 Å². The number of rotatable bonds is 3. The Labute approximate surface area is 135 Å². The van der Waals surface area contributed by atoms with Crippen molar-refractivity contribution >= 4 is 12.1 Å². The lowest BCUT2D eigenvalue weighted by molar-refractivity contribution is -0.142. The third-order valence-corrected chi connectivity index (χ3v) is 3.80. The first-order valence-corrected chi connectivity index (χ1v) is 7.69. The largest absolute Gasteiger partial charge is 0.508 e. The first-order valence-electron chi connectivity index (χ1n) is 7.69. The van der Waals surface area contributed by atoms with Gasteiger partial charge in [0, 0.05) is 6.04 Å². The molecule has 23 heavy (non-hydrogen) atoms. The number of aliphatic carboxylic acids is 1. The zero-order chi connectivity index (χ0) is 17.2. The van der Waals surface area contributed by atoms with E-state index < -0.39 is 23.7 Å². The minimum atomic E-state index is -1.01. The Morgan fingerprint density at radius 3 is 2.35 bits per heavy atom. The summed E-state index contributed by atoms with van der Waals surface area (Å²) in [4.78, 5) is 25.2. The molecule has 1 heterocycles.